The molecule has 1 aliphatic heterocycles. The van der Waals surface area contributed by atoms with Gasteiger partial charge in [0.2, 0.25) is 0 Å². The van der Waals surface area contributed by atoms with E-state index < -0.39 is 11.5 Å². The third-order valence-electron chi connectivity index (χ3n) is 4.77. The lowest BCUT2D eigenvalue weighted by molar-refractivity contribution is 0.0529. The van der Waals surface area contributed by atoms with Gasteiger partial charge in [0.15, 0.2) is 0 Å². The number of pyridine rings is 2. The van der Waals surface area contributed by atoms with E-state index in [0.717, 1.165) is 29.3 Å². The minimum Gasteiger partial charge on any atom is -0.375 e. The molecule has 1 atom stereocenters. The molecule has 7 nitrogen and oxygen atoms in total. The molecule has 2 N–H and O–H groups in total. The molecule has 4 heterocycles. The molecule has 0 aromatic carbocycles. The Morgan fingerprint density at radius 1 is 1.34 bits per heavy atom. The predicted octanol–water partition coefficient (Wildman–Crippen LogP) is 2.65. The zero-order valence-electron chi connectivity index (χ0n) is 16.1. The molecule has 29 heavy (non-hydrogen) atoms. The first-order valence-corrected chi connectivity index (χ1v) is 10.3. The third-order valence-corrected chi connectivity index (χ3v) is 5.67. The van der Waals surface area contributed by atoms with Gasteiger partial charge < -0.3 is 19.9 Å². The first-order chi connectivity index (χ1) is 14.1. The van der Waals surface area contributed by atoms with Crippen LogP contribution in [0.25, 0.3) is 10.6 Å². The van der Waals surface area contributed by atoms with Crippen LogP contribution in [0.4, 0.5) is 5.82 Å². The van der Waals surface area contributed by atoms with Crippen molar-refractivity contribution in [2.75, 3.05) is 24.6 Å². The Morgan fingerprint density at radius 2 is 2.24 bits per heavy atom. The molecule has 3 aromatic heterocycles. The quantitative estimate of drug-likeness (QED) is 0.675. The number of carbonyl (C=O) groups excluding carboxylic acids is 1. The van der Waals surface area contributed by atoms with Gasteiger partial charge in [-0.3, -0.25) is 9.59 Å². The van der Waals surface area contributed by atoms with Crippen molar-refractivity contribution in [3.05, 3.63) is 69.5 Å². The van der Waals surface area contributed by atoms with Gasteiger partial charge in [-0.1, -0.05) is 12.1 Å². The molecule has 0 bridgehead atoms. The number of hydrogen-bond acceptors (Lipinski definition) is 6. The molecular weight excluding hydrogens is 388 g/mol. The summed E-state index contributed by atoms with van der Waals surface area (Å²) in [5, 5.41) is 4.72. The normalized spacial score (nSPS) is 16.6. The largest absolute Gasteiger partial charge is 0.375 e. The van der Waals surface area contributed by atoms with Crippen LogP contribution >= 0.6 is 11.3 Å². The Labute approximate surface area is 172 Å². The van der Waals surface area contributed by atoms with Gasteiger partial charge in [-0.25, -0.2) is 4.98 Å². The van der Waals surface area contributed by atoms with Gasteiger partial charge in [0.05, 0.1) is 23.3 Å². The van der Waals surface area contributed by atoms with Crippen molar-refractivity contribution < 1.29 is 9.53 Å². The van der Waals surface area contributed by atoms with Crippen LogP contribution in [0.2, 0.25) is 0 Å². The number of morpholine rings is 1. The van der Waals surface area contributed by atoms with E-state index in [2.05, 4.69) is 20.2 Å². The zero-order valence-corrected chi connectivity index (χ0v) is 16.9. The fraction of sp³-hybridized carbons (Fsp3) is 0.286. The van der Waals surface area contributed by atoms with Crippen LogP contribution in [0, 0.1) is 0 Å². The number of carbonyl (C=O) groups is 1. The molecule has 1 unspecified atom stereocenters. The fourth-order valence-electron chi connectivity index (χ4n) is 3.24. The molecule has 0 spiro atoms. The van der Waals surface area contributed by atoms with E-state index >= 15 is 0 Å². The molecular formula is C21H22N4O3S. The highest BCUT2D eigenvalue weighted by atomic mass is 32.1. The first-order valence-electron chi connectivity index (χ1n) is 9.47. The van der Waals surface area contributed by atoms with Crippen molar-refractivity contribution in [2.24, 2.45) is 0 Å². The summed E-state index contributed by atoms with van der Waals surface area (Å²) < 4.78 is 5.55. The van der Waals surface area contributed by atoms with Crippen molar-refractivity contribution in [1.82, 2.24) is 15.3 Å². The Morgan fingerprint density at radius 3 is 2.93 bits per heavy atom. The summed E-state index contributed by atoms with van der Waals surface area (Å²) in [7, 11) is 0. The standard InChI is InChI=1S/C21H22N4O3S/c1-14-13-25(8-9-28-14)19-7-4-15(11-22-19)12-23-20(26)16-5-6-17(24-21(16)27)18-3-2-10-29-18/h2-7,10-11,14H,8-9,12-13H2,1H3,(H,23,26)(H,24,27). The topological polar surface area (TPSA) is 87.3 Å². The number of aromatic amines is 1. The van der Waals surface area contributed by atoms with Gasteiger partial charge in [0.1, 0.15) is 11.4 Å². The van der Waals surface area contributed by atoms with Crippen molar-refractivity contribution in [3.63, 3.8) is 0 Å². The number of nitrogens with one attached hydrogen (secondary N) is 2. The molecule has 3 aromatic rings. The first kappa shape index (κ1) is 19.4. The van der Waals surface area contributed by atoms with Gasteiger partial charge >= 0.3 is 0 Å². The van der Waals surface area contributed by atoms with Gasteiger partial charge in [0.25, 0.3) is 11.5 Å². The van der Waals surface area contributed by atoms with Crippen LogP contribution < -0.4 is 15.8 Å². The molecule has 8 heteroatoms. The lowest BCUT2D eigenvalue weighted by Crippen LogP contribution is -2.41. The maximum absolute atomic E-state index is 12.4. The Kier molecular flexibility index (Phi) is 5.73. The van der Waals surface area contributed by atoms with Crippen LogP contribution in [0.3, 0.4) is 0 Å². The molecule has 1 amide bonds. The van der Waals surface area contributed by atoms with E-state index in [1.807, 2.05) is 36.6 Å². The maximum Gasteiger partial charge on any atom is 0.261 e. The molecule has 150 valence electrons. The Hall–Kier alpha value is -2.97. The number of anilines is 1. The van der Waals surface area contributed by atoms with Crippen molar-refractivity contribution in [1.29, 1.82) is 0 Å². The summed E-state index contributed by atoms with van der Waals surface area (Å²) in [6.45, 7) is 4.67. The van der Waals surface area contributed by atoms with E-state index in [4.69, 9.17) is 4.74 Å². The summed E-state index contributed by atoms with van der Waals surface area (Å²) in [6.07, 6.45) is 1.94. The van der Waals surface area contributed by atoms with Crippen molar-refractivity contribution in [2.45, 2.75) is 19.6 Å². The average Bonchev–Trinajstić information content (AvgIpc) is 3.27. The summed E-state index contributed by atoms with van der Waals surface area (Å²) in [4.78, 5) is 35.1. The van der Waals surface area contributed by atoms with Crippen molar-refractivity contribution in [3.8, 4) is 10.6 Å². The van der Waals surface area contributed by atoms with Gasteiger partial charge in [0, 0.05) is 25.8 Å². The van der Waals surface area contributed by atoms with Crippen molar-refractivity contribution >= 4 is 23.1 Å². The minimum absolute atomic E-state index is 0.0946. The number of amides is 1. The predicted molar refractivity (Wildman–Crippen MR) is 113 cm³/mol. The summed E-state index contributed by atoms with van der Waals surface area (Å²) in [5.74, 6) is 0.492. The molecule has 0 saturated carbocycles. The second-order valence-corrected chi connectivity index (χ2v) is 7.87. The molecule has 4 rings (SSSR count). The Bertz CT molecular complexity index is 1030. The third kappa shape index (κ3) is 4.55. The molecule has 0 aliphatic carbocycles. The summed E-state index contributed by atoms with van der Waals surface area (Å²) in [5.41, 5.74) is 1.27. The van der Waals surface area contributed by atoms with Crippen LogP contribution in [-0.2, 0) is 11.3 Å². The second kappa shape index (κ2) is 8.59. The highest BCUT2D eigenvalue weighted by Gasteiger charge is 2.18. The highest BCUT2D eigenvalue weighted by Crippen LogP contribution is 2.21. The molecule has 1 fully saturated rings. The van der Waals surface area contributed by atoms with E-state index in [9.17, 15) is 9.59 Å². The number of H-pyrrole nitrogens is 1. The lowest BCUT2D eigenvalue weighted by atomic mass is 10.2. The van der Waals surface area contributed by atoms with Gasteiger partial charge in [-0.15, -0.1) is 11.3 Å². The number of hydrogen-bond donors (Lipinski definition) is 2. The van der Waals surface area contributed by atoms with E-state index in [1.165, 1.54) is 11.3 Å². The number of nitrogens with zero attached hydrogens (tertiary/aromatic N) is 2. The smallest absolute Gasteiger partial charge is 0.261 e. The number of thiophene rings is 1. The average molecular weight is 410 g/mol. The highest BCUT2D eigenvalue weighted by molar-refractivity contribution is 7.13. The fourth-order valence-corrected chi connectivity index (χ4v) is 3.95. The summed E-state index contributed by atoms with van der Waals surface area (Å²) in [6, 6.07) is 11.0. The van der Waals surface area contributed by atoms with Crippen LogP contribution in [-0.4, -0.2) is 41.7 Å². The molecule has 1 saturated heterocycles. The van der Waals surface area contributed by atoms with E-state index in [0.29, 0.717) is 18.8 Å². The van der Waals surface area contributed by atoms with Crippen LogP contribution in [0.15, 0.2) is 52.8 Å². The Balaban J connectivity index is 1.37. The van der Waals surface area contributed by atoms with Crippen LogP contribution in [0.5, 0.6) is 0 Å². The zero-order chi connectivity index (χ0) is 20.2. The number of ether oxygens (including phenoxy) is 1. The van der Waals surface area contributed by atoms with E-state index in [-0.39, 0.29) is 11.7 Å². The number of rotatable bonds is 5. The van der Waals surface area contributed by atoms with Gasteiger partial charge in [-0.2, -0.15) is 0 Å². The summed E-state index contributed by atoms with van der Waals surface area (Å²) >= 11 is 1.53. The van der Waals surface area contributed by atoms with Gasteiger partial charge in [-0.05, 0) is 42.1 Å². The maximum atomic E-state index is 12.4. The minimum atomic E-state index is -0.407. The van der Waals surface area contributed by atoms with Crippen LogP contribution in [0.1, 0.15) is 22.8 Å². The SMILES string of the molecule is CC1CN(c2ccc(CNC(=O)c3ccc(-c4cccs4)[nH]c3=O)cn2)CCO1. The number of aromatic nitrogens is 2. The second-order valence-electron chi connectivity index (χ2n) is 6.93. The molecule has 0 radical (unpaired) electrons. The molecule has 1 aliphatic rings. The monoisotopic (exact) mass is 410 g/mol. The lowest BCUT2D eigenvalue weighted by Gasteiger charge is -2.32. The van der Waals surface area contributed by atoms with E-state index in [1.54, 1.807) is 18.3 Å².